The number of benzene rings is 1. The van der Waals surface area contributed by atoms with E-state index < -0.39 is 38.7 Å². The highest BCUT2D eigenvalue weighted by molar-refractivity contribution is 7.89. The number of nitrogens with zero attached hydrogens (tertiary/aromatic N) is 2. The van der Waals surface area contributed by atoms with E-state index in [1.165, 1.54) is 6.08 Å². The van der Waals surface area contributed by atoms with Crippen molar-refractivity contribution in [2.24, 2.45) is 4.99 Å². The minimum Gasteiger partial charge on any atom is -0.307 e. The minimum atomic E-state index is -4.72. The quantitative estimate of drug-likeness (QED) is 0.844. The first kappa shape index (κ1) is 19.1. The van der Waals surface area contributed by atoms with Crippen LogP contribution in [-0.2, 0) is 21.9 Å². The monoisotopic (exact) mass is 401 g/mol. The standard InChI is InChI=1S/C16H14F3N3O4S/c1-8-3-9(6-20-8)10-4-11-13(5-12(10)16(17,18)19)21-15(24)22(14(11)23)7-27(2,25)26/h3-5H,6-7H2,1-2H3,(H,21,24). The van der Waals surface area contributed by atoms with Crippen LogP contribution < -0.4 is 11.2 Å². The van der Waals surface area contributed by atoms with Crippen molar-refractivity contribution >= 4 is 32.0 Å². The Bertz CT molecular complexity index is 1230. The van der Waals surface area contributed by atoms with E-state index in [0.29, 0.717) is 16.3 Å². The number of aliphatic imine (C=N–C) groups is 1. The summed E-state index contributed by atoms with van der Waals surface area (Å²) in [4.78, 5) is 30.8. The summed E-state index contributed by atoms with van der Waals surface area (Å²) in [6, 6.07) is 1.71. The Balaban J connectivity index is 2.36. The van der Waals surface area contributed by atoms with Gasteiger partial charge in [0.25, 0.3) is 5.56 Å². The van der Waals surface area contributed by atoms with E-state index in [1.54, 1.807) is 6.92 Å². The minimum absolute atomic E-state index is 0.0291. The molecule has 0 spiro atoms. The molecule has 0 aliphatic carbocycles. The van der Waals surface area contributed by atoms with Crippen molar-refractivity contribution in [1.82, 2.24) is 9.55 Å². The predicted octanol–water partition coefficient (Wildman–Crippen LogP) is 1.57. The largest absolute Gasteiger partial charge is 0.417 e. The lowest BCUT2D eigenvalue weighted by molar-refractivity contribution is -0.137. The number of rotatable bonds is 3. The van der Waals surface area contributed by atoms with Gasteiger partial charge in [-0.3, -0.25) is 9.79 Å². The summed E-state index contributed by atoms with van der Waals surface area (Å²) in [5.41, 5.74) is -2.81. The number of fused-ring (bicyclic) bond motifs is 1. The SMILES string of the molecule is CC1=NCC(c2cc3c(=O)n(CS(C)(=O)=O)c(=O)[nH]c3cc2C(F)(F)F)=C1. The van der Waals surface area contributed by atoms with Gasteiger partial charge in [-0.2, -0.15) is 13.2 Å². The smallest absolute Gasteiger partial charge is 0.307 e. The molecule has 1 aromatic heterocycles. The van der Waals surface area contributed by atoms with Gasteiger partial charge in [0, 0.05) is 12.0 Å². The van der Waals surface area contributed by atoms with Gasteiger partial charge in [0.1, 0.15) is 5.88 Å². The third-order valence-corrected chi connectivity index (χ3v) is 4.74. The molecule has 27 heavy (non-hydrogen) atoms. The number of sulfone groups is 1. The lowest BCUT2D eigenvalue weighted by Crippen LogP contribution is -2.37. The molecule has 0 saturated carbocycles. The molecule has 2 heterocycles. The molecule has 1 N–H and O–H groups in total. The second kappa shape index (κ2) is 6.19. The number of H-pyrrole nitrogens is 1. The Labute approximate surface area is 150 Å². The molecule has 0 amide bonds. The molecular weight excluding hydrogens is 387 g/mol. The molecule has 0 fully saturated rings. The fourth-order valence-corrected chi connectivity index (χ4v) is 3.57. The first-order chi connectivity index (χ1) is 12.4. The number of allylic oxidation sites excluding steroid dienone is 1. The Hall–Kier alpha value is -2.69. The number of aromatic amines is 1. The molecular formula is C16H14F3N3O4S. The van der Waals surface area contributed by atoms with Gasteiger partial charge in [-0.15, -0.1) is 0 Å². The van der Waals surface area contributed by atoms with E-state index in [-0.39, 0.29) is 28.6 Å². The van der Waals surface area contributed by atoms with Crippen molar-refractivity contribution in [2.75, 3.05) is 12.8 Å². The fraction of sp³-hybridized carbons (Fsp3) is 0.312. The molecule has 7 nitrogen and oxygen atoms in total. The van der Waals surface area contributed by atoms with Gasteiger partial charge in [0.05, 0.1) is 23.0 Å². The maximum atomic E-state index is 13.5. The number of nitrogens with one attached hydrogen (secondary N) is 1. The number of hydrogen-bond acceptors (Lipinski definition) is 5. The van der Waals surface area contributed by atoms with Crippen LogP contribution in [0.4, 0.5) is 13.2 Å². The Morgan fingerprint density at radius 1 is 1.26 bits per heavy atom. The van der Waals surface area contributed by atoms with Gasteiger partial charge >= 0.3 is 11.9 Å². The van der Waals surface area contributed by atoms with Gasteiger partial charge in [-0.1, -0.05) is 0 Å². The van der Waals surface area contributed by atoms with E-state index in [0.717, 1.165) is 12.3 Å². The number of halogens is 3. The number of aromatic nitrogens is 2. The lowest BCUT2D eigenvalue weighted by atomic mass is 9.97. The summed E-state index contributed by atoms with van der Waals surface area (Å²) >= 11 is 0. The second-order valence-corrected chi connectivity index (χ2v) is 8.40. The zero-order chi connectivity index (χ0) is 20.1. The molecule has 0 radical (unpaired) electrons. The zero-order valence-electron chi connectivity index (χ0n) is 14.2. The van der Waals surface area contributed by atoms with E-state index >= 15 is 0 Å². The van der Waals surface area contributed by atoms with Crippen LogP contribution >= 0.6 is 0 Å². The summed E-state index contributed by atoms with van der Waals surface area (Å²) in [7, 11) is -3.72. The highest BCUT2D eigenvalue weighted by atomic mass is 32.2. The summed E-state index contributed by atoms with van der Waals surface area (Å²) in [6.45, 7) is 1.67. The van der Waals surface area contributed by atoms with Crippen molar-refractivity contribution in [3.05, 3.63) is 50.2 Å². The van der Waals surface area contributed by atoms with Crippen molar-refractivity contribution in [2.45, 2.75) is 19.0 Å². The van der Waals surface area contributed by atoms with E-state index in [4.69, 9.17) is 0 Å². The van der Waals surface area contributed by atoms with Gasteiger partial charge in [0.15, 0.2) is 9.84 Å². The molecule has 0 unspecified atom stereocenters. The molecule has 3 rings (SSSR count). The average Bonchev–Trinajstić information content (AvgIpc) is 2.95. The Kier molecular flexibility index (Phi) is 4.37. The van der Waals surface area contributed by atoms with E-state index in [9.17, 15) is 31.2 Å². The molecule has 2 aromatic rings. The average molecular weight is 401 g/mol. The predicted molar refractivity (Wildman–Crippen MR) is 94.6 cm³/mol. The molecule has 11 heteroatoms. The fourth-order valence-electron chi connectivity index (χ4n) is 2.87. The van der Waals surface area contributed by atoms with Crippen LogP contribution in [0.25, 0.3) is 16.5 Å². The van der Waals surface area contributed by atoms with E-state index in [2.05, 4.69) is 9.98 Å². The van der Waals surface area contributed by atoms with Crippen molar-refractivity contribution in [1.29, 1.82) is 0 Å². The van der Waals surface area contributed by atoms with Crippen molar-refractivity contribution in [3.63, 3.8) is 0 Å². The van der Waals surface area contributed by atoms with Crippen LogP contribution in [0.15, 0.2) is 32.8 Å². The molecule has 1 aromatic carbocycles. The number of hydrogen-bond donors (Lipinski definition) is 1. The van der Waals surface area contributed by atoms with Gasteiger partial charge in [-0.05, 0) is 36.3 Å². The van der Waals surface area contributed by atoms with Crippen LogP contribution in [0, 0.1) is 0 Å². The van der Waals surface area contributed by atoms with Crippen LogP contribution in [0.1, 0.15) is 18.1 Å². The topological polar surface area (TPSA) is 101 Å². The molecule has 0 bridgehead atoms. The lowest BCUT2D eigenvalue weighted by Gasteiger charge is -2.15. The molecule has 1 aliphatic heterocycles. The van der Waals surface area contributed by atoms with Crippen molar-refractivity contribution < 1.29 is 21.6 Å². The third kappa shape index (κ3) is 3.72. The first-order valence-corrected chi connectivity index (χ1v) is 9.70. The molecule has 0 atom stereocenters. The van der Waals surface area contributed by atoms with Crippen LogP contribution in [-0.4, -0.2) is 36.5 Å². The maximum absolute atomic E-state index is 13.5. The second-order valence-electron chi connectivity index (χ2n) is 6.29. The molecule has 1 aliphatic rings. The first-order valence-electron chi connectivity index (χ1n) is 7.64. The van der Waals surface area contributed by atoms with E-state index in [1.807, 2.05) is 0 Å². The van der Waals surface area contributed by atoms with Gasteiger partial charge in [0.2, 0.25) is 0 Å². The normalized spacial score (nSPS) is 15.1. The third-order valence-electron chi connectivity index (χ3n) is 4.02. The molecule has 0 saturated heterocycles. The number of alkyl halides is 3. The summed E-state index contributed by atoms with van der Waals surface area (Å²) in [6.07, 6.45) is -2.40. The van der Waals surface area contributed by atoms with Gasteiger partial charge < -0.3 is 4.98 Å². The zero-order valence-corrected chi connectivity index (χ0v) is 15.0. The molecule has 144 valence electrons. The Morgan fingerprint density at radius 3 is 2.44 bits per heavy atom. The van der Waals surface area contributed by atoms with Crippen LogP contribution in [0.2, 0.25) is 0 Å². The Morgan fingerprint density at radius 2 is 1.93 bits per heavy atom. The van der Waals surface area contributed by atoms with Gasteiger partial charge in [-0.25, -0.2) is 17.8 Å². The van der Waals surface area contributed by atoms with Crippen molar-refractivity contribution in [3.8, 4) is 0 Å². The van der Waals surface area contributed by atoms with Crippen LogP contribution in [0.5, 0.6) is 0 Å². The summed E-state index contributed by atoms with van der Waals surface area (Å²) in [5, 5.41) is -0.216. The maximum Gasteiger partial charge on any atom is 0.417 e. The van der Waals surface area contributed by atoms with Crippen LogP contribution in [0.3, 0.4) is 0 Å². The highest BCUT2D eigenvalue weighted by Gasteiger charge is 2.35. The summed E-state index contributed by atoms with van der Waals surface area (Å²) < 4.78 is 63.9. The highest BCUT2D eigenvalue weighted by Crippen LogP contribution is 2.37. The summed E-state index contributed by atoms with van der Waals surface area (Å²) in [5.74, 6) is -0.877.